The number of H-pyrrole nitrogens is 1. The second-order valence-electron chi connectivity index (χ2n) is 5.71. The molecule has 24 heavy (non-hydrogen) atoms. The maximum Gasteiger partial charge on any atom is 0.251 e. The molecule has 128 valence electrons. The predicted octanol–water partition coefficient (Wildman–Crippen LogP) is 3.26. The highest BCUT2D eigenvalue weighted by Crippen LogP contribution is 2.21. The molecular weight excluding hydrogens is 324 g/mol. The van der Waals surface area contributed by atoms with Crippen LogP contribution in [0.15, 0.2) is 36.9 Å². The number of nitrogens with one attached hydrogen (secondary N) is 2. The largest absolute Gasteiger partial charge is 0.497 e. The minimum atomic E-state index is -0.271. The zero-order valence-corrected chi connectivity index (χ0v) is 14.9. The SMILES string of the molecule is C=CCn1c(C(NC(=O)c2ccc(OC)cc2)C(C)C)n[nH]c1=S. The molecule has 0 bridgehead atoms. The number of benzene rings is 1. The van der Waals surface area contributed by atoms with Gasteiger partial charge >= 0.3 is 0 Å². The lowest BCUT2D eigenvalue weighted by Gasteiger charge is -2.22. The third-order valence-electron chi connectivity index (χ3n) is 3.68. The first-order valence-corrected chi connectivity index (χ1v) is 8.09. The van der Waals surface area contributed by atoms with Gasteiger partial charge < -0.3 is 10.1 Å². The van der Waals surface area contributed by atoms with Gasteiger partial charge in [-0.2, -0.15) is 5.10 Å². The molecule has 0 radical (unpaired) electrons. The Bertz CT molecular complexity index is 762. The lowest BCUT2D eigenvalue weighted by atomic mass is 10.0. The number of methoxy groups -OCH3 is 1. The molecule has 0 saturated heterocycles. The summed E-state index contributed by atoms with van der Waals surface area (Å²) in [5, 5.41) is 10.1. The van der Waals surface area contributed by atoms with Crippen LogP contribution in [0.4, 0.5) is 0 Å². The Kier molecular flexibility index (Phi) is 5.92. The van der Waals surface area contributed by atoms with Gasteiger partial charge in [-0.25, -0.2) is 0 Å². The quantitative estimate of drug-likeness (QED) is 0.596. The zero-order chi connectivity index (χ0) is 17.7. The number of amides is 1. The average molecular weight is 346 g/mol. The van der Waals surface area contributed by atoms with Gasteiger partial charge in [0.1, 0.15) is 5.75 Å². The Labute approximate surface area is 146 Å². The molecule has 1 aromatic carbocycles. The summed E-state index contributed by atoms with van der Waals surface area (Å²) in [5.74, 6) is 1.37. The molecule has 0 saturated carbocycles. The van der Waals surface area contributed by atoms with Crippen molar-refractivity contribution in [2.45, 2.75) is 26.4 Å². The van der Waals surface area contributed by atoms with Crippen LogP contribution in [0.25, 0.3) is 0 Å². The van der Waals surface area contributed by atoms with Gasteiger partial charge in [0.2, 0.25) is 0 Å². The minimum absolute atomic E-state index is 0.140. The Morgan fingerprint density at radius 1 is 1.46 bits per heavy atom. The molecular formula is C17H22N4O2S. The molecule has 1 aromatic heterocycles. The Balaban J connectivity index is 2.26. The van der Waals surface area contributed by atoms with Gasteiger partial charge in [0, 0.05) is 12.1 Å². The Morgan fingerprint density at radius 3 is 2.67 bits per heavy atom. The number of hydrogen-bond donors (Lipinski definition) is 2. The molecule has 6 nitrogen and oxygen atoms in total. The van der Waals surface area contributed by atoms with Gasteiger partial charge in [-0.3, -0.25) is 14.5 Å². The maximum atomic E-state index is 12.6. The van der Waals surface area contributed by atoms with Crippen molar-refractivity contribution in [1.29, 1.82) is 0 Å². The number of aromatic nitrogens is 3. The number of carbonyl (C=O) groups is 1. The van der Waals surface area contributed by atoms with Gasteiger partial charge in [0.25, 0.3) is 5.91 Å². The maximum absolute atomic E-state index is 12.6. The van der Waals surface area contributed by atoms with E-state index in [1.165, 1.54) is 0 Å². The number of rotatable bonds is 7. The van der Waals surface area contributed by atoms with Gasteiger partial charge in [-0.1, -0.05) is 19.9 Å². The van der Waals surface area contributed by atoms with E-state index in [2.05, 4.69) is 22.1 Å². The van der Waals surface area contributed by atoms with Crippen molar-refractivity contribution in [2.75, 3.05) is 7.11 Å². The van der Waals surface area contributed by atoms with Crippen molar-refractivity contribution in [3.8, 4) is 5.75 Å². The topological polar surface area (TPSA) is 71.9 Å². The van der Waals surface area contributed by atoms with Crippen LogP contribution in [-0.2, 0) is 6.54 Å². The van der Waals surface area contributed by atoms with E-state index in [0.29, 0.717) is 28.5 Å². The summed E-state index contributed by atoms with van der Waals surface area (Å²) in [6.07, 6.45) is 1.75. The number of ether oxygens (including phenoxy) is 1. The number of carbonyl (C=O) groups excluding carboxylic acids is 1. The highest BCUT2D eigenvalue weighted by atomic mass is 32.1. The summed E-state index contributed by atoms with van der Waals surface area (Å²) >= 11 is 5.25. The molecule has 7 heteroatoms. The summed E-state index contributed by atoms with van der Waals surface area (Å²) in [6.45, 7) is 8.32. The molecule has 1 heterocycles. The first-order valence-electron chi connectivity index (χ1n) is 7.68. The molecule has 0 aliphatic rings. The standard InChI is InChI=1S/C17H22N4O2S/c1-5-10-21-15(19-20-17(21)24)14(11(2)3)18-16(22)12-6-8-13(23-4)9-7-12/h5-9,11,14H,1,10H2,2-4H3,(H,18,22)(H,20,24). The van der Waals surface area contributed by atoms with Crippen LogP contribution >= 0.6 is 12.2 Å². The molecule has 0 aliphatic heterocycles. The van der Waals surface area contributed by atoms with E-state index in [4.69, 9.17) is 17.0 Å². The molecule has 0 fully saturated rings. The number of allylic oxidation sites excluding steroid dienone is 1. The molecule has 2 rings (SSSR count). The molecule has 0 aliphatic carbocycles. The molecule has 1 amide bonds. The lowest BCUT2D eigenvalue weighted by molar-refractivity contribution is 0.0922. The summed E-state index contributed by atoms with van der Waals surface area (Å²) in [6, 6.07) is 6.70. The number of aromatic amines is 1. The van der Waals surface area contributed by atoms with Gasteiger partial charge in [-0.15, -0.1) is 6.58 Å². The highest BCUT2D eigenvalue weighted by molar-refractivity contribution is 7.71. The molecule has 2 N–H and O–H groups in total. The van der Waals surface area contributed by atoms with E-state index in [0.717, 1.165) is 0 Å². The van der Waals surface area contributed by atoms with Gasteiger partial charge in [0.05, 0.1) is 13.2 Å². The Morgan fingerprint density at radius 2 is 2.12 bits per heavy atom. The van der Waals surface area contributed by atoms with Crippen molar-refractivity contribution in [3.63, 3.8) is 0 Å². The summed E-state index contributed by atoms with van der Waals surface area (Å²) in [7, 11) is 1.59. The van der Waals surface area contributed by atoms with E-state index in [-0.39, 0.29) is 17.9 Å². The van der Waals surface area contributed by atoms with Crippen molar-refractivity contribution in [3.05, 3.63) is 53.1 Å². The first-order chi connectivity index (χ1) is 11.5. The van der Waals surface area contributed by atoms with Crippen LogP contribution in [0.3, 0.4) is 0 Å². The molecule has 0 spiro atoms. The lowest BCUT2D eigenvalue weighted by Crippen LogP contribution is -2.33. The van der Waals surface area contributed by atoms with Crippen molar-refractivity contribution in [1.82, 2.24) is 20.1 Å². The summed E-state index contributed by atoms with van der Waals surface area (Å²) in [4.78, 5) is 12.6. The van der Waals surface area contributed by atoms with Crippen LogP contribution in [-0.4, -0.2) is 27.8 Å². The molecule has 1 atom stereocenters. The van der Waals surface area contributed by atoms with E-state index in [1.807, 2.05) is 18.4 Å². The van der Waals surface area contributed by atoms with E-state index >= 15 is 0 Å². The van der Waals surface area contributed by atoms with E-state index in [1.54, 1.807) is 37.5 Å². The van der Waals surface area contributed by atoms with Crippen molar-refractivity contribution in [2.24, 2.45) is 5.92 Å². The third-order valence-corrected chi connectivity index (χ3v) is 3.99. The summed E-state index contributed by atoms with van der Waals surface area (Å²) in [5.41, 5.74) is 0.561. The second-order valence-corrected chi connectivity index (χ2v) is 6.10. The fourth-order valence-electron chi connectivity index (χ4n) is 2.37. The fourth-order valence-corrected chi connectivity index (χ4v) is 2.58. The van der Waals surface area contributed by atoms with Crippen LogP contribution in [0, 0.1) is 10.7 Å². The fraction of sp³-hybridized carbons (Fsp3) is 0.353. The number of hydrogen-bond acceptors (Lipinski definition) is 4. The van der Waals surface area contributed by atoms with Gasteiger partial charge in [0.15, 0.2) is 10.6 Å². The van der Waals surface area contributed by atoms with Crippen LogP contribution in [0.5, 0.6) is 5.75 Å². The minimum Gasteiger partial charge on any atom is -0.497 e. The first kappa shape index (κ1) is 17.9. The normalized spacial score (nSPS) is 12.0. The van der Waals surface area contributed by atoms with Crippen molar-refractivity contribution < 1.29 is 9.53 Å². The molecule has 2 aromatic rings. The zero-order valence-electron chi connectivity index (χ0n) is 14.1. The summed E-state index contributed by atoms with van der Waals surface area (Å²) < 4.78 is 7.46. The smallest absolute Gasteiger partial charge is 0.251 e. The number of nitrogens with zero attached hydrogens (tertiary/aromatic N) is 2. The van der Waals surface area contributed by atoms with Crippen LogP contribution in [0.2, 0.25) is 0 Å². The van der Waals surface area contributed by atoms with Crippen molar-refractivity contribution >= 4 is 18.1 Å². The van der Waals surface area contributed by atoms with Gasteiger partial charge in [-0.05, 0) is 42.4 Å². The highest BCUT2D eigenvalue weighted by Gasteiger charge is 2.24. The third kappa shape index (κ3) is 3.91. The second kappa shape index (κ2) is 7.92. The van der Waals surface area contributed by atoms with Crippen LogP contribution in [0.1, 0.15) is 36.1 Å². The van der Waals surface area contributed by atoms with E-state index in [9.17, 15) is 4.79 Å². The van der Waals surface area contributed by atoms with E-state index < -0.39 is 0 Å². The van der Waals surface area contributed by atoms with Crippen LogP contribution < -0.4 is 10.1 Å². The predicted molar refractivity (Wildman–Crippen MR) is 95.6 cm³/mol. The molecule has 1 unspecified atom stereocenters. The average Bonchev–Trinajstić information content (AvgIpc) is 2.93. The monoisotopic (exact) mass is 346 g/mol. The Hall–Kier alpha value is -2.41.